The highest BCUT2D eigenvalue weighted by Crippen LogP contribution is 2.27. The average molecular weight is 296 g/mol. The van der Waals surface area contributed by atoms with Crippen LogP contribution >= 0.6 is 11.6 Å². The van der Waals surface area contributed by atoms with Crippen molar-refractivity contribution in [1.82, 2.24) is 24.6 Å². The van der Waals surface area contributed by atoms with Crippen LogP contribution in [0.2, 0.25) is 5.15 Å². The molecule has 0 saturated heterocycles. The van der Waals surface area contributed by atoms with Crippen molar-refractivity contribution in [3.63, 3.8) is 0 Å². The van der Waals surface area contributed by atoms with E-state index in [1.165, 1.54) is 0 Å². The molecule has 6 heteroatoms. The summed E-state index contributed by atoms with van der Waals surface area (Å²) in [4.78, 5) is 8.65. The highest BCUT2D eigenvalue weighted by Gasteiger charge is 2.14. The van der Waals surface area contributed by atoms with Crippen molar-refractivity contribution < 1.29 is 0 Å². The molecule has 3 aromatic heterocycles. The van der Waals surface area contributed by atoms with Crippen molar-refractivity contribution in [2.45, 2.75) is 6.92 Å². The molecule has 3 heterocycles. The second kappa shape index (κ2) is 4.49. The van der Waals surface area contributed by atoms with E-state index in [9.17, 15) is 0 Å². The highest BCUT2D eigenvalue weighted by molar-refractivity contribution is 6.29. The van der Waals surface area contributed by atoms with Crippen molar-refractivity contribution >= 4 is 28.2 Å². The Bertz CT molecular complexity index is 971. The fourth-order valence-electron chi connectivity index (χ4n) is 2.53. The fraction of sp³-hybridized carbons (Fsp3) is 0.0667. The van der Waals surface area contributed by atoms with Crippen LogP contribution in [0.15, 0.2) is 42.6 Å². The van der Waals surface area contributed by atoms with E-state index < -0.39 is 0 Å². The lowest BCUT2D eigenvalue weighted by Crippen LogP contribution is -1.98. The number of aromatic nitrogens is 5. The summed E-state index contributed by atoms with van der Waals surface area (Å²) in [5, 5.41) is 9.94. The second-order valence-corrected chi connectivity index (χ2v) is 5.11. The molecule has 5 nitrogen and oxygen atoms in total. The topological polar surface area (TPSA) is 56.0 Å². The third-order valence-electron chi connectivity index (χ3n) is 3.42. The average Bonchev–Trinajstić information content (AvgIpc) is 2.90. The Labute approximate surface area is 125 Å². The standard InChI is InChI=1S/C15H10ClN5/c1-9-18-13(16)8-14-19-20-15(21(9)14)11-4-2-6-12-10(11)5-3-7-17-12/h2-8H,1H3. The van der Waals surface area contributed by atoms with E-state index in [4.69, 9.17) is 11.6 Å². The van der Waals surface area contributed by atoms with Gasteiger partial charge in [0, 0.05) is 23.2 Å². The maximum Gasteiger partial charge on any atom is 0.170 e. The first-order valence-electron chi connectivity index (χ1n) is 6.46. The van der Waals surface area contributed by atoms with Gasteiger partial charge in [-0.25, -0.2) is 4.98 Å². The molecule has 1 aromatic carbocycles. The summed E-state index contributed by atoms with van der Waals surface area (Å²) in [6.07, 6.45) is 1.78. The van der Waals surface area contributed by atoms with Crippen molar-refractivity contribution in [3.8, 4) is 11.4 Å². The number of pyridine rings is 1. The largest absolute Gasteiger partial charge is 0.263 e. The first-order chi connectivity index (χ1) is 10.2. The molecule has 0 aliphatic heterocycles. The van der Waals surface area contributed by atoms with Gasteiger partial charge in [0.25, 0.3) is 0 Å². The van der Waals surface area contributed by atoms with Gasteiger partial charge in [0.2, 0.25) is 0 Å². The minimum Gasteiger partial charge on any atom is -0.263 e. The summed E-state index contributed by atoms with van der Waals surface area (Å²) in [5.41, 5.74) is 2.58. The Kier molecular flexibility index (Phi) is 2.62. The van der Waals surface area contributed by atoms with Crippen molar-refractivity contribution in [2.24, 2.45) is 0 Å². The number of aryl methyl sites for hydroxylation is 1. The van der Waals surface area contributed by atoms with E-state index in [1.54, 1.807) is 12.3 Å². The van der Waals surface area contributed by atoms with Gasteiger partial charge in [-0.15, -0.1) is 10.2 Å². The molecule has 102 valence electrons. The lowest BCUT2D eigenvalue weighted by molar-refractivity contribution is 0.989. The number of hydrogen-bond donors (Lipinski definition) is 0. The Morgan fingerprint density at radius 2 is 2.00 bits per heavy atom. The molecule has 21 heavy (non-hydrogen) atoms. The van der Waals surface area contributed by atoms with Gasteiger partial charge in [0.15, 0.2) is 11.5 Å². The molecule has 0 N–H and O–H groups in total. The Balaban J connectivity index is 2.10. The van der Waals surface area contributed by atoms with Gasteiger partial charge < -0.3 is 0 Å². The van der Waals surface area contributed by atoms with Crippen LogP contribution in [0.3, 0.4) is 0 Å². The SMILES string of the molecule is Cc1nc(Cl)cc2nnc(-c3cccc4ncccc34)n12. The summed E-state index contributed by atoms with van der Waals surface area (Å²) in [6.45, 7) is 1.88. The summed E-state index contributed by atoms with van der Waals surface area (Å²) in [6, 6.07) is 11.6. The lowest BCUT2D eigenvalue weighted by atomic mass is 10.1. The molecular formula is C15H10ClN5. The Morgan fingerprint density at radius 1 is 1.10 bits per heavy atom. The molecule has 0 saturated carbocycles. The molecule has 0 bridgehead atoms. The van der Waals surface area contributed by atoms with Gasteiger partial charge in [0.05, 0.1) is 5.52 Å². The van der Waals surface area contributed by atoms with E-state index in [1.807, 2.05) is 41.7 Å². The van der Waals surface area contributed by atoms with Crippen LogP contribution in [0.25, 0.3) is 27.9 Å². The van der Waals surface area contributed by atoms with Crippen LogP contribution in [0, 0.1) is 6.92 Å². The predicted molar refractivity (Wildman–Crippen MR) is 81.3 cm³/mol. The summed E-state index contributed by atoms with van der Waals surface area (Å²) < 4.78 is 1.90. The van der Waals surface area contributed by atoms with Gasteiger partial charge in [-0.3, -0.25) is 9.38 Å². The number of halogens is 1. The number of benzene rings is 1. The van der Waals surface area contributed by atoms with Crippen LogP contribution < -0.4 is 0 Å². The molecule has 0 aliphatic carbocycles. The first kappa shape index (κ1) is 12.2. The summed E-state index contributed by atoms with van der Waals surface area (Å²) >= 11 is 5.97. The predicted octanol–water partition coefficient (Wildman–Crippen LogP) is 3.30. The maximum atomic E-state index is 5.97. The zero-order valence-electron chi connectivity index (χ0n) is 11.2. The van der Waals surface area contributed by atoms with E-state index in [-0.39, 0.29) is 0 Å². The molecule has 0 radical (unpaired) electrons. The minimum atomic E-state index is 0.415. The monoisotopic (exact) mass is 295 g/mol. The normalized spacial score (nSPS) is 11.3. The van der Waals surface area contributed by atoms with Gasteiger partial charge in [-0.05, 0) is 19.1 Å². The molecule has 0 unspecified atom stereocenters. The Hall–Kier alpha value is -2.53. The number of nitrogens with zero attached hydrogens (tertiary/aromatic N) is 5. The third kappa shape index (κ3) is 1.86. The molecule has 0 fully saturated rings. The molecule has 4 aromatic rings. The smallest absolute Gasteiger partial charge is 0.170 e. The van der Waals surface area contributed by atoms with Crippen molar-refractivity contribution in [3.05, 3.63) is 53.6 Å². The highest BCUT2D eigenvalue weighted by atomic mass is 35.5. The minimum absolute atomic E-state index is 0.415. The first-order valence-corrected chi connectivity index (χ1v) is 6.84. The summed E-state index contributed by atoms with van der Waals surface area (Å²) in [5.74, 6) is 1.49. The quantitative estimate of drug-likeness (QED) is 0.506. The zero-order chi connectivity index (χ0) is 14.4. The van der Waals surface area contributed by atoms with Gasteiger partial charge in [-0.2, -0.15) is 0 Å². The van der Waals surface area contributed by atoms with Crippen LogP contribution in [0.4, 0.5) is 0 Å². The zero-order valence-corrected chi connectivity index (χ0v) is 11.9. The van der Waals surface area contributed by atoms with Gasteiger partial charge in [0.1, 0.15) is 11.0 Å². The maximum absolute atomic E-state index is 5.97. The lowest BCUT2D eigenvalue weighted by Gasteiger charge is -2.06. The van der Waals surface area contributed by atoms with Gasteiger partial charge in [-0.1, -0.05) is 29.8 Å². The van der Waals surface area contributed by atoms with E-state index >= 15 is 0 Å². The van der Waals surface area contributed by atoms with Crippen LogP contribution in [0.5, 0.6) is 0 Å². The fourth-order valence-corrected chi connectivity index (χ4v) is 2.74. The Morgan fingerprint density at radius 3 is 2.90 bits per heavy atom. The molecule has 0 amide bonds. The van der Waals surface area contributed by atoms with E-state index in [0.717, 1.165) is 28.1 Å². The molecule has 4 rings (SSSR count). The summed E-state index contributed by atoms with van der Waals surface area (Å²) in [7, 11) is 0. The van der Waals surface area contributed by atoms with Crippen molar-refractivity contribution in [1.29, 1.82) is 0 Å². The number of rotatable bonds is 1. The molecule has 0 spiro atoms. The van der Waals surface area contributed by atoms with Crippen LogP contribution in [0.1, 0.15) is 5.82 Å². The van der Waals surface area contributed by atoms with Crippen LogP contribution in [-0.2, 0) is 0 Å². The second-order valence-electron chi connectivity index (χ2n) is 4.72. The van der Waals surface area contributed by atoms with E-state index in [2.05, 4.69) is 20.2 Å². The number of fused-ring (bicyclic) bond motifs is 2. The molecular weight excluding hydrogens is 286 g/mol. The van der Waals surface area contributed by atoms with Crippen LogP contribution in [-0.4, -0.2) is 24.6 Å². The van der Waals surface area contributed by atoms with Gasteiger partial charge >= 0.3 is 0 Å². The molecule has 0 atom stereocenters. The van der Waals surface area contributed by atoms with E-state index in [0.29, 0.717) is 10.8 Å². The van der Waals surface area contributed by atoms with Crippen molar-refractivity contribution in [2.75, 3.05) is 0 Å². The number of hydrogen-bond acceptors (Lipinski definition) is 4. The third-order valence-corrected chi connectivity index (χ3v) is 3.61. The molecule has 0 aliphatic rings.